The first kappa shape index (κ1) is 20.1. The second-order valence-corrected chi connectivity index (χ2v) is 8.36. The molecule has 0 aliphatic heterocycles. The monoisotopic (exact) mass is 352 g/mol. The van der Waals surface area contributed by atoms with Crippen molar-refractivity contribution in [1.82, 2.24) is 0 Å². The third kappa shape index (κ3) is 3.06. The van der Waals surface area contributed by atoms with Crippen molar-refractivity contribution in [2.45, 2.75) is 78.1 Å². The summed E-state index contributed by atoms with van der Waals surface area (Å²) in [6.07, 6.45) is 0.733. The van der Waals surface area contributed by atoms with E-state index in [1.54, 1.807) is 20.8 Å². The zero-order valence-corrected chi connectivity index (χ0v) is 16.5. The first-order valence-electron chi connectivity index (χ1n) is 9.22. The Balaban J connectivity index is 2.60. The number of fused-ring (bicyclic) bond motifs is 1. The van der Waals surface area contributed by atoms with E-state index in [1.807, 2.05) is 20.8 Å². The number of ether oxygens (including phenoxy) is 2. The summed E-state index contributed by atoms with van der Waals surface area (Å²) >= 11 is 0. The predicted octanol–water partition coefficient (Wildman–Crippen LogP) is 3.05. The molecule has 0 aromatic rings. The van der Waals surface area contributed by atoms with Crippen LogP contribution in [0.2, 0.25) is 0 Å². The van der Waals surface area contributed by atoms with Crippen LogP contribution in [0.5, 0.6) is 0 Å². The zero-order chi connectivity index (χ0) is 19.2. The molecule has 1 fully saturated rings. The molecule has 0 radical (unpaired) electrons. The Labute approximate surface area is 150 Å². The molecule has 1 N–H and O–H groups in total. The molecule has 0 heterocycles. The van der Waals surface area contributed by atoms with Crippen LogP contribution in [0.15, 0.2) is 11.1 Å². The summed E-state index contributed by atoms with van der Waals surface area (Å²) in [6, 6.07) is 0. The number of allylic oxidation sites excluding steroid dienone is 1. The number of aliphatic hydroxyl groups is 1. The Morgan fingerprint density at radius 2 is 1.88 bits per heavy atom. The summed E-state index contributed by atoms with van der Waals surface area (Å²) in [5, 5.41) is 11.5. The number of hydrogen-bond donors (Lipinski definition) is 1. The molecule has 5 nitrogen and oxygen atoms in total. The van der Waals surface area contributed by atoms with Crippen LogP contribution in [0.4, 0.5) is 0 Å². The Morgan fingerprint density at radius 1 is 1.28 bits per heavy atom. The van der Waals surface area contributed by atoms with Crippen molar-refractivity contribution < 1.29 is 24.2 Å². The molecule has 0 spiro atoms. The van der Waals surface area contributed by atoms with Crippen molar-refractivity contribution >= 4 is 11.8 Å². The molecule has 0 aromatic carbocycles. The highest BCUT2D eigenvalue weighted by molar-refractivity contribution is 6.01. The van der Waals surface area contributed by atoms with Gasteiger partial charge in [-0.2, -0.15) is 0 Å². The molecule has 2 aliphatic carbocycles. The molecule has 25 heavy (non-hydrogen) atoms. The van der Waals surface area contributed by atoms with Gasteiger partial charge < -0.3 is 14.6 Å². The van der Waals surface area contributed by atoms with Crippen molar-refractivity contribution in [3.63, 3.8) is 0 Å². The van der Waals surface area contributed by atoms with Crippen LogP contribution < -0.4 is 0 Å². The lowest BCUT2D eigenvalue weighted by Gasteiger charge is -2.45. The van der Waals surface area contributed by atoms with Crippen molar-refractivity contribution in [3.8, 4) is 0 Å². The Kier molecular flexibility index (Phi) is 5.50. The average molecular weight is 352 g/mol. The fourth-order valence-electron chi connectivity index (χ4n) is 4.31. The van der Waals surface area contributed by atoms with Crippen LogP contribution in [-0.2, 0) is 19.1 Å². The molecule has 5 heteroatoms. The Hall–Kier alpha value is -1.20. The predicted molar refractivity (Wildman–Crippen MR) is 95.0 cm³/mol. The highest BCUT2D eigenvalue weighted by atomic mass is 16.6. The molecule has 2 aliphatic rings. The topological polar surface area (TPSA) is 72.8 Å². The first-order chi connectivity index (χ1) is 11.5. The smallest absolute Gasteiger partial charge is 0.308 e. The van der Waals surface area contributed by atoms with Gasteiger partial charge in [0.25, 0.3) is 0 Å². The molecule has 4 atom stereocenters. The van der Waals surface area contributed by atoms with E-state index in [-0.39, 0.29) is 29.5 Å². The first-order valence-corrected chi connectivity index (χ1v) is 9.22. The van der Waals surface area contributed by atoms with E-state index in [9.17, 15) is 14.7 Å². The second-order valence-electron chi connectivity index (χ2n) is 8.36. The van der Waals surface area contributed by atoms with Gasteiger partial charge in [-0.25, -0.2) is 0 Å². The number of Topliss-reactive ketones (excluding diaryl/α,β-unsaturated/α-hetero) is 1. The van der Waals surface area contributed by atoms with E-state index in [2.05, 4.69) is 0 Å². The number of esters is 1. The van der Waals surface area contributed by atoms with E-state index < -0.39 is 17.3 Å². The largest absolute Gasteiger partial charge is 0.459 e. The van der Waals surface area contributed by atoms with Crippen LogP contribution in [0.3, 0.4) is 0 Å². The minimum absolute atomic E-state index is 0.0234. The molecule has 0 aromatic heterocycles. The summed E-state index contributed by atoms with van der Waals surface area (Å²) in [7, 11) is 1.53. The van der Waals surface area contributed by atoms with Gasteiger partial charge in [-0.15, -0.1) is 0 Å². The fourth-order valence-corrected chi connectivity index (χ4v) is 4.31. The number of methoxy groups -OCH3 is 1. The summed E-state index contributed by atoms with van der Waals surface area (Å²) < 4.78 is 11.5. The van der Waals surface area contributed by atoms with E-state index in [0.717, 1.165) is 5.57 Å². The van der Waals surface area contributed by atoms with Crippen LogP contribution in [0, 0.1) is 17.8 Å². The maximum atomic E-state index is 13.3. The van der Waals surface area contributed by atoms with Gasteiger partial charge in [0.1, 0.15) is 17.3 Å². The highest BCUT2D eigenvalue weighted by Crippen LogP contribution is 2.52. The third-order valence-electron chi connectivity index (χ3n) is 6.06. The number of carbonyl (C=O) groups is 2. The van der Waals surface area contributed by atoms with Crippen LogP contribution in [0.25, 0.3) is 0 Å². The Bertz CT molecular complexity index is 587. The van der Waals surface area contributed by atoms with Crippen LogP contribution in [-0.4, -0.2) is 41.3 Å². The van der Waals surface area contributed by atoms with E-state index in [1.165, 1.54) is 7.11 Å². The molecule has 142 valence electrons. The van der Waals surface area contributed by atoms with Crippen LogP contribution in [0.1, 0.15) is 60.8 Å². The van der Waals surface area contributed by atoms with Crippen molar-refractivity contribution in [3.05, 3.63) is 11.1 Å². The SMILES string of the molecule is CO[C@@]12CCC(C)=C1C(=O)[C@H](C(C)C)C[C@H](OC(=O)C(C)C)[C@@]2(C)O. The van der Waals surface area contributed by atoms with Gasteiger partial charge in [0, 0.05) is 18.6 Å². The molecule has 0 saturated heterocycles. The molecular weight excluding hydrogens is 320 g/mol. The minimum Gasteiger partial charge on any atom is -0.459 e. The fraction of sp³-hybridized carbons (Fsp3) is 0.800. The average Bonchev–Trinajstić information content (AvgIpc) is 2.84. The van der Waals surface area contributed by atoms with Gasteiger partial charge in [0.2, 0.25) is 0 Å². The number of ketones is 1. The van der Waals surface area contributed by atoms with Crippen molar-refractivity contribution in [2.24, 2.45) is 17.8 Å². The number of carbonyl (C=O) groups excluding carboxylic acids is 2. The van der Waals surface area contributed by atoms with Gasteiger partial charge in [-0.3, -0.25) is 9.59 Å². The van der Waals surface area contributed by atoms with Crippen molar-refractivity contribution in [1.29, 1.82) is 0 Å². The summed E-state index contributed by atoms with van der Waals surface area (Å²) in [5.41, 5.74) is -1.05. The summed E-state index contributed by atoms with van der Waals surface area (Å²) in [4.78, 5) is 25.6. The van der Waals surface area contributed by atoms with Gasteiger partial charge in [0.15, 0.2) is 5.78 Å². The second kappa shape index (κ2) is 6.84. The minimum atomic E-state index is -1.47. The van der Waals surface area contributed by atoms with E-state index >= 15 is 0 Å². The lowest BCUT2D eigenvalue weighted by molar-refractivity contribution is -0.206. The summed E-state index contributed by atoms with van der Waals surface area (Å²) in [6.45, 7) is 11.1. The molecule has 0 bridgehead atoms. The highest BCUT2D eigenvalue weighted by Gasteiger charge is 2.63. The maximum absolute atomic E-state index is 13.3. The van der Waals surface area contributed by atoms with Gasteiger partial charge in [0.05, 0.1) is 5.92 Å². The quantitative estimate of drug-likeness (QED) is 0.787. The van der Waals surface area contributed by atoms with E-state index in [4.69, 9.17) is 9.47 Å². The van der Waals surface area contributed by atoms with Gasteiger partial charge in [-0.05, 0) is 39.0 Å². The van der Waals surface area contributed by atoms with Gasteiger partial charge >= 0.3 is 5.97 Å². The number of hydrogen-bond acceptors (Lipinski definition) is 5. The molecule has 0 amide bonds. The zero-order valence-electron chi connectivity index (χ0n) is 16.5. The van der Waals surface area contributed by atoms with Crippen LogP contribution >= 0.6 is 0 Å². The molecule has 2 rings (SSSR count). The molecular formula is C20H32O5. The normalized spacial score (nSPS) is 36.0. The third-order valence-corrected chi connectivity index (χ3v) is 6.06. The molecule has 0 unspecified atom stereocenters. The van der Waals surface area contributed by atoms with Gasteiger partial charge in [-0.1, -0.05) is 33.3 Å². The lowest BCUT2D eigenvalue weighted by atomic mass is 9.75. The number of rotatable bonds is 4. The maximum Gasteiger partial charge on any atom is 0.308 e. The van der Waals surface area contributed by atoms with E-state index in [0.29, 0.717) is 24.8 Å². The Morgan fingerprint density at radius 3 is 2.36 bits per heavy atom. The standard InChI is InChI=1S/C20H32O5/c1-11(2)14-10-15(25-18(22)12(3)4)19(6,23)20(24-7)9-8-13(5)16(20)17(14)21/h11-12,14-15,23H,8-10H2,1-7H3/t14-,15-,19+,20-/m0/s1. The lowest BCUT2D eigenvalue weighted by Crippen LogP contribution is -2.60. The van der Waals surface area contributed by atoms with Crippen molar-refractivity contribution in [2.75, 3.05) is 7.11 Å². The summed E-state index contributed by atoms with van der Waals surface area (Å²) in [5.74, 6) is -0.872. The molecule has 1 saturated carbocycles.